The predicted molar refractivity (Wildman–Crippen MR) is 61.5 cm³/mol. The Morgan fingerprint density at radius 3 is 2.89 bits per heavy atom. The highest BCUT2D eigenvalue weighted by Gasteiger charge is 2.18. The number of imide groups is 1. The Kier molecular flexibility index (Phi) is 5.04. The second kappa shape index (κ2) is 6.53. The number of hydrogen-bond donors (Lipinski definition) is 2. The quantitative estimate of drug-likeness (QED) is 0.781. The number of aromatic nitrogens is 1. The van der Waals surface area contributed by atoms with E-state index < -0.39 is 24.0 Å². The highest BCUT2D eigenvalue weighted by molar-refractivity contribution is 5.96. The Morgan fingerprint density at radius 2 is 2.28 bits per heavy atom. The van der Waals surface area contributed by atoms with Crippen molar-refractivity contribution in [1.82, 2.24) is 15.6 Å². The van der Waals surface area contributed by atoms with E-state index in [1.165, 1.54) is 25.3 Å². The first kappa shape index (κ1) is 13.9. The van der Waals surface area contributed by atoms with Gasteiger partial charge >= 0.3 is 6.03 Å². The average molecular weight is 255 g/mol. The third-order valence-corrected chi connectivity index (χ3v) is 1.97. The summed E-state index contributed by atoms with van der Waals surface area (Å²) in [5.41, 5.74) is 0. The molecule has 7 heteroatoms. The summed E-state index contributed by atoms with van der Waals surface area (Å²) in [6, 6.07) is 2.20. The fourth-order valence-electron chi connectivity index (χ4n) is 1.12. The minimum absolute atomic E-state index is 0.143. The molecule has 0 saturated heterocycles. The van der Waals surface area contributed by atoms with Crippen LogP contribution >= 0.6 is 0 Å². The standard InChI is InChI=1S/C11H14FN3O3/c1-3-13-11(17)15-10(16)7(2)18-8-5-4-6-14-9(8)12/h4-7H,3H2,1-2H3,(H2,13,15,16,17). The van der Waals surface area contributed by atoms with E-state index in [4.69, 9.17) is 4.74 Å². The number of nitrogens with zero attached hydrogens (tertiary/aromatic N) is 1. The fourth-order valence-corrected chi connectivity index (χ4v) is 1.12. The van der Waals surface area contributed by atoms with Crippen molar-refractivity contribution in [2.75, 3.05) is 6.54 Å². The first-order valence-corrected chi connectivity index (χ1v) is 5.40. The van der Waals surface area contributed by atoms with E-state index in [0.29, 0.717) is 6.54 Å². The Bertz CT molecular complexity index is 439. The second-order valence-electron chi connectivity index (χ2n) is 3.40. The number of nitrogens with one attached hydrogen (secondary N) is 2. The molecule has 0 fully saturated rings. The molecular formula is C11H14FN3O3. The summed E-state index contributed by atoms with van der Waals surface area (Å²) >= 11 is 0. The summed E-state index contributed by atoms with van der Waals surface area (Å²) in [5, 5.41) is 4.46. The van der Waals surface area contributed by atoms with Crippen LogP contribution in [0, 0.1) is 5.95 Å². The number of carbonyl (C=O) groups excluding carboxylic acids is 2. The van der Waals surface area contributed by atoms with Gasteiger partial charge in [-0.2, -0.15) is 4.39 Å². The maximum atomic E-state index is 13.1. The minimum Gasteiger partial charge on any atom is -0.476 e. The van der Waals surface area contributed by atoms with Crippen LogP contribution in [0.25, 0.3) is 0 Å². The smallest absolute Gasteiger partial charge is 0.321 e. The van der Waals surface area contributed by atoms with E-state index in [1.807, 2.05) is 0 Å². The topological polar surface area (TPSA) is 80.3 Å². The Morgan fingerprint density at radius 1 is 1.56 bits per heavy atom. The third kappa shape index (κ3) is 4.00. The van der Waals surface area contributed by atoms with Crippen LogP contribution in [0.5, 0.6) is 5.75 Å². The fraction of sp³-hybridized carbons (Fsp3) is 0.364. The van der Waals surface area contributed by atoms with Crippen LogP contribution in [0.15, 0.2) is 18.3 Å². The maximum absolute atomic E-state index is 13.1. The van der Waals surface area contributed by atoms with Gasteiger partial charge in [-0.1, -0.05) is 0 Å². The van der Waals surface area contributed by atoms with Gasteiger partial charge in [0.2, 0.25) is 0 Å². The molecule has 1 heterocycles. The molecule has 18 heavy (non-hydrogen) atoms. The molecule has 0 aliphatic heterocycles. The molecule has 1 rings (SSSR count). The van der Waals surface area contributed by atoms with Gasteiger partial charge in [0.05, 0.1) is 0 Å². The van der Waals surface area contributed by atoms with Crippen LogP contribution in [0.3, 0.4) is 0 Å². The number of carbonyl (C=O) groups is 2. The number of amides is 3. The number of halogens is 1. The Labute approximate surface area is 104 Å². The summed E-state index contributed by atoms with van der Waals surface area (Å²) in [6.45, 7) is 3.52. The van der Waals surface area contributed by atoms with Crippen LogP contribution in [-0.4, -0.2) is 29.6 Å². The summed E-state index contributed by atoms with van der Waals surface area (Å²) < 4.78 is 18.2. The normalized spacial score (nSPS) is 11.5. The molecule has 3 amide bonds. The lowest BCUT2D eigenvalue weighted by Crippen LogP contribution is -2.45. The van der Waals surface area contributed by atoms with Gasteiger partial charge in [-0.25, -0.2) is 9.78 Å². The zero-order chi connectivity index (χ0) is 13.5. The van der Waals surface area contributed by atoms with Gasteiger partial charge in [0.25, 0.3) is 11.9 Å². The van der Waals surface area contributed by atoms with Crippen LogP contribution in [0.2, 0.25) is 0 Å². The van der Waals surface area contributed by atoms with Crippen molar-refractivity contribution < 1.29 is 18.7 Å². The molecule has 2 N–H and O–H groups in total. The summed E-state index contributed by atoms with van der Waals surface area (Å²) in [6.07, 6.45) is 0.257. The molecule has 0 spiro atoms. The van der Waals surface area contributed by atoms with Crippen molar-refractivity contribution in [2.45, 2.75) is 20.0 Å². The number of ether oxygens (including phenoxy) is 1. The van der Waals surface area contributed by atoms with E-state index in [-0.39, 0.29) is 5.75 Å². The van der Waals surface area contributed by atoms with Crippen molar-refractivity contribution in [1.29, 1.82) is 0 Å². The monoisotopic (exact) mass is 255 g/mol. The van der Waals surface area contributed by atoms with Gasteiger partial charge in [0.15, 0.2) is 11.9 Å². The highest BCUT2D eigenvalue weighted by atomic mass is 19.1. The number of pyridine rings is 1. The average Bonchev–Trinajstić information content (AvgIpc) is 2.32. The molecule has 0 aliphatic rings. The van der Waals surface area contributed by atoms with Gasteiger partial charge in [-0.05, 0) is 26.0 Å². The van der Waals surface area contributed by atoms with Gasteiger partial charge in [-0.15, -0.1) is 0 Å². The van der Waals surface area contributed by atoms with Gasteiger partial charge in [-0.3, -0.25) is 10.1 Å². The molecule has 98 valence electrons. The minimum atomic E-state index is -1.01. The lowest BCUT2D eigenvalue weighted by molar-refractivity contribution is -0.126. The molecule has 1 aromatic rings. The first-order valence-electron chi connectivity index (χ1n) is 5.40. The first-order chi connectivity index (χ1) is 8.54. The number of hydrogen-bond acceptors (Lipinski definition) is 4. The lowest BCUT2D eigenvalue weighted by Gasteiger charge is -2.14. The third-order valence-electron chi connectivity index (χ3n) is 1.97. The second-order valence-corrected chi connectivity index (χ2v) is 3.40. The van der Waals surface area contributed by atoms with Crippen LogP contribution in [-0.2, 0) is 4.79 Å². The van der Waals surface area contributed by atoms with E-state index in [0.717, 1.165) is 0 Å². The van der Waals surface area contributed by atoms with Crippen LogP contribution in [0.4, 0.5) is 9.18 Å². The van der Waals surface area contributed by atoms with E-state index in [1.54, 1.807) is 6.92 Å². The van der Waals surface area contributed by atoms with Gasteiger partial charge in [0, 0.05) is 12.7 Å². The summed E-state index contributed by atoms with van der Waals surface area (Å²) in [7, 11) is 0. The molecular weight excluding hydrogens is 241 g/mol. The predicted octanol–water partition coefficient (Wildman–Crippen LogP) is 0.834. The van der Waals surface area contributed by atoms with E-state index in [2.05, 4.69) is 15.6 Å². The molecule has 1 unspecified atom stereocenters. The van der Waals surface area contributed by atoms with E-state index >= 15 is 0 Å². The molecule has 0 aliphatic carbocycles. The largest absolute Gasteiger partial charge is 0.476 e. The molecule has 1 atom stereocenters. The zero-order valence-electron chi connectivity index (χ0n) is 10.1. The molecule has 0 saturated carbocycles. The molecule has 0 aromatic carbocycles. The maximum Gasteiger partial charge on any atom is 0.321 e. The van der Waals surface area contributed by atoms with Crippen LogP contribution in [0.1, 0.15) is 13.8 Å². The van der Waals surface area contributed by atoms with E-state index in [9.17, 15) is 14.0 Å². The molecule has 0 bridgehead atoms. The van der Waals surface area contributed by atoms with Crippen molar-refractivity contribution in [3.05, 3.63) is 24.3 Å². The Hall–Kier alpha value is -2.18. The number of rotatable bonds is 4. The zero-order valence-corrected chi connectivity index (χ0v) is 10.1. The number of urea groups is 1. The van der Waals surface area contributed by atoms with Crippen molar-refractivity contribution >= 4 is 11.9 Å². The lowest BCUT2D eigenvalue weighted by atomic mass is 10.3. The van der Waals surface area contributed by atoms with Gasteiger partial charge < -0.3 is 10.1 Å². The molecule has 6 nitrogen and oxygen atoms in total. The molecule has 1 aromatic heterocycles. The highest BCUT2D eigenvalue weighted by Crippen LogP contribution is 2.14. The van der Waals surface area contributed by atoms with Crippen molar-refractivity contribution in [3.63, 3.8) is 0 Å². The molecule has 0 radical (unpaired) electrons. The van der Waals surface area contributed by atoms with Crippen molar-refractivity contribution in [3.8, 4) is 5.75 Å². The van der Waals surface area contributed by atoms with Crippen LogP contribution < -0.4 is 15.4 Å². The SMILES string of the molecule is CCNC(=O)NC(=O)C(C)Oc1cccnc1F. The Balaban J connectivity index is 2.55. The summed E-state index contributed by atoms with van der Waals surface area (Å²) in [5.74, 6) is -1.62. The summed E-state index contributed by atoms with van der Waals surface area (Å²) in [4.78, 5) is 26.0. The van der Waals surface area contributed by atoms with Crippen molar-refractivity contribution in [2.24, 2.45) is 0 Å². The van der Waals surface area contributed by atoms with Gasteiger partial charge in [0.1, 0.15) is 0 Å².